The molecule has 96 valence electrons. The molecule has 0 saturated carbocycles. The average molecular weight is 246 g/mol. The Hall–Kier alpha value is -1.55. The first-order chi connectivity index (χ1) is 8.66. The van der Waals surface area contributed by atoms with E-state index < -0.39 is 0 Å². The van der Waals surface area contributed by atoms with E-state index >= 15 is 0 Å². The molecule has 0 spiro atoms. The summed E-state index contributed by atoms with van der Waals surface area (Å²) in [4.78, 5) is 2.37. The molecule has 2 aromatic rings. The molecule has 2 heterocycles. The molecule has 1 N–H and O–H groups in total. The fourth-order valence-corrected chi connectivity index (χ4v) is 2.80. The minimum Gasteiger partial charge on any atom is -0.504 e. The standard InChI is InChI=1S/C14H18N2O2/c1-9-8-10(6-7-16(9)2)13-11-4-3-5-12(17)14(11)18-15-13/h3-5,9-10,17H,6-8H2,1-2H3/t9-,10-/m1/s1. The van der Waals surface area contributed by atoms with Crippen LogP contribution in [-0.2, 0) is 0 Å². The van der Waals surface area contributed by atoms with Crippen molar-refractivity contribution in [3.05, 3.63) is 23.9 Å². The molecule has 3 rings (SSSR count). The number of phenolic OH excluding ortho intramolecular Hbond substituents is 1. The van der Waals surface area contributed by atoms with Gasteiger partial charge in [0.1, 0.15) is 0 Å². The second kappa shape index (κ2) is 4.28. The Morgan fingerprint density at radius 2 is 2.28 bits per heavy atom. The third kappa shape index (κ3) is 1.77. The molecular weight excluding hydrogens is 228 g/mol. The first-order valence-corrected chi connectivity index (χ1v) is 6.44. The van der Waals surface area contributed by atoms with Gasteiger partial charge in [0.05, 0.1) is 5.69 Å². The van der Waals surface area contributed by atoms with Gasteiger partial charge in [0.15, 0.2) is 5.75 Å². The lowest BCUT2D eigenvalue weighted by Crippen LogP contribution is -2.37. The molecule has 1 aromatic carbocycles. The molecule has 1 aliphatic heterocycles. The maximum atomic E-state index is 9.73. The Morgan fingerprint density at radius 1 is 1.44 bits per heavy atom. The number of piperidine rings is 1. The van der Waals surface area contributed by atoms with Crippen molar-refractivity contribution in [3.8, 4) is 5.75 Å². The number of fused-ring (bicyclic) bond motifs is 1. The first kappa shape index (κ1) is 11.5. The highest BCUT2D eigenvalue weighted by Crippen LogP contribution is 2.36. The highest BCUT2D eigenvalue weighted by atomic mass is 16.5. The van der Waals surface area contributed by atoms with Crippen molar-refractivity contribution >= 4 is 11.0 Å². The van der Waals surface area contributed by atoms with Crippen LogP contribution in [0, 0.1) is 0 Å². The van der Waals surface area contributed by atoms with E-state index in [1.54, 1.807) is 6.07 Å². The minimum atomic E-state index is 0.173. The molecule has 1 saturated heterocycles. The van der Waals surface area contributed by atoms with E-state index in [1.807, 2.05) is 12.1 Å². The van der Waals surface area contributed by atoms with Gasteiger partial charge in [-0.2, -0.15) is 0 Å². The van der Waals surface area contributed by atoms with E-state index in [-0.39, 0.29) is 5.75 Å². The molecule has 1 fully saturated rings. The van der Waals surface area contributed by atoms with Gasteiger partial charge >= 0.3 is 0 Å². The van der Waals surface area contributed by atoms with Crippen molar-refractivity contribution in [2.45, 2.75) is 31.7 Å². The first-order valence-electron chi connectivity index (χ1n) is 6.44. The fraction of sp³-hybridized carbons (Fsp3) is 0.500. The Kier molecular flexibility index (Phi) is 2.74. The molecule has 4 nitrogen and oxygen atoms in total. The molecule has 0 bridgehead atoms. The van der Waals surface area contributed by atoms with Gasteiger partial charge in [0.2, 0.25) is 5.58 Å². The number of rotatable bonds is 1. The lowest BCUT2D eigenvalue weighted by atomic mass is 9.88. The summed E-state index contributed by atoms with van der Waals surface area (Å²) in [6.45, 7) is 3.32. The van der Waals surface area contributed by atoms with Crippen molar-refractivity contribution < 1.29 is 9.63 Å². The average Bonchev–Trinajstić information content (AvgIpc) is 2.78. The summed E-state index contributed by atoms with van der Waals surface area (Å²) in [7, 11) is 2.16. The van der Waals surface area contributed by atoms with Gasteiger partial charge in [0.25, 0.3) is 0 Å². The van der Waals surface area contributed by atoms with Gasteiger partial charge in [-0.25, -0.2) is 0 Å². The Labute approximate surface area is 106 Å². The predicted molar refractivity (Wildman–Crippen MR) is 69.7 cm³/mol. The second-order valence-corrected chi connectivity index (χ2v) is 5.27. The zero-order chi connectivity index (χ0) is 12.7. The maximum Gasteiger partial charge on any atom is 0.208 e. The van der Waals surface area contributed by atoms with Crippen LogP contribution in [-0.4, -0.2) is 34.8 Å². The predicted octanol–water partition coefficient (Wildman–Crippen LogP) is 2.73. The monoisotopic (exact) mass is 246 g/mol. The van der Waals surface area contributed by atoms with Crippen LogP contribution >= 0.6 is 0 Å². The number of likely N-dealkylation sites (tertiary alicyclic amines) is 1. The summed E-state index contributed by atoms with van der Waals surface area (Å²) in [6.07, 6.45) is 2.19. The fourth-order valence-electron chi connectivity index (χ4n) is 2.80. The SMILES string of the molecule is C[C@@H]1C[C@H](c2noc3c(O)cccc23)CCN1C. The molecule has 0 unspecified atom stereocenters. The van der Waals surface area contributed by atoms with Crippen molar-refractivity contribution in [1.82, 2.24) is 10.1 Å². The quantitative estimate of drug-likeness (QED) is 0.840. The highest BCUT2D eigenvalue weighted by Gasteiger charge is 2.28. The Balaban J connectivity index is 1.98. The van der Waals surface area contributed by atoms with Crippen molar-refractivity contribution in [1.29, 1.82) is 0 Å². The number of para-hydroxylation sites is 1. The lowest BCUT2D eigenvalue weighted by Gasteiger charge is -2.34. The summed E-state index contributed by atoms with van der Waals surface area (Å²) in [5.74, 6) is 0.603. The van der Waals surface area contributed by atoms with Crippen molar-refractivity contribution in [3.63, 3.8) is 0 Å². The largest absolute Gasteiger partial charge is 0.504 e. The smallest absolute Gasteiger partial charge is 0.208 e. The second-order valence-electron chi connectivity index (χ2n) is 5.27. The molecule has 0 radical (unpaired) electrons. The van der Waals surface area contributed by atoms with E-state index in [2.05, 4.69) is 24.0 Å². The highest BCUT2D eigenvalue weighted by molar-refractivity contribution is 5.84. The Morgan fingerprint density at radius 3 is 3.06 bits per heavy atom. The van der Waals surface area contributed by atoms with Gasteiger partial charge in [-0.05, 0) is 45.5 Å². The molecule has 2 atom stereocenters. The van der Waals surface area contributed by atoms with Crippen LogP contribution < -0.4 is 0 Å². The van der Waals surface area contributed by atoms with Gasteiger partial charge in [-0.3, -0.25) is 0 Å². The summed E-state index contributed by atoms with van der Waals surface area (Å²) >= 11 is 0. The van der Waals surface area contributed by atoms with Crippen LogP contribution in [0.15, 0.2) is 22.7 Å². The van der Waals surface area contributed by atoms with Crippen LogP contribution in [0.2, 0.25) is 0 Å². The molecular formula is C14H18N2O2. The molecule has 0 aliphatic carbocycles. The molecule has 18 heavy (non-hydrogen) atoms. The van der Waals surface area contributed by atoms with Crippen molar-refractivity contribution in [2.24, 2.45) is 0 Å². The number of hydrogen-bond donors (Lipinski definition) is 1. The van der Waals surface area contributed by atoms with Crippen LogP contribution in [0.25, 0.3) is 11.0 Å². The van der Waals surface area contributed by atoms with Crippen molar-refractivity contribution in [2.75, 3.05) is 13.6 Å². The molecule has 1 aliphatic rings. The molecule has 4 heteroatoms. The van der Waals surface area contributed by atoms with E-state index in [0.29, 0.717) is 17.5 Å². The van der Waals surface area contributed by atoms with Gasteiger partial charge in [-0.1, -0.05) is 11.2 Å². The van der Waals surface area contributed by atoms with E-state index in [9.17, 15) is 5.11 Å². The lowest BCUT2D eigenvalue weighted by molar-refractivity contribution is 0.180. The number of benzene rings is 1. The Bertz CT molecular complexity index is 564. The van der Waals surface area contributed by atoms with E-state index in [0.717, 1.165) is 30.5 Å². The van der Waals surface area contributed by atoms with Crippen LogP contribution in [0.4, 0.5) is 0 Å². The van der Waals surface area contributed by atoms with Crippen LogP contribution in [0.3, 0.4) is 0 Å². The number of aromatic nitrogens is 1. The summed E-state index contributed by atoms with van der Waals surface area (Å²) in [5.41, 5.74) is 1.51. The third-order valence-electron chi connectivity index (χ3n) is 4.10. The third-order valence-corrected chi connectivity index (χ3v) is 4.10. The molecule has 0 amide bonds. The number of phenols is 1. The topological polar surface area (TPSA) is 49.5 Å². The van der Waals surface area contributed by atoms with Crippen LogP contribution in [0.5, 0.6) is 5.75 Å². The number of hydrogen-bond acceptors (Lipinski definition) is 4. The van der Waals surface area contributed by atoms with Gasteiger partial charge < -0.3 is 14.5 Å². The molecule has 1 aromatic heterocycles. The number of aromatic hydroxyl groups is 1. The normalized spacial score (nSPS) is 25.7. The van der Waals surface area contributed by atoms with E-state index in [1.165, 1.54) is 0 Å². The number of nitrogens with zero attached hydrogens (tertiary/aromatic N) is 2. The summed E-state index contributed by atoms with van der Waals surface area (Å²) < 4.78 is 5.28. The summed E-state index contributed by atoms with van der Waals surface area (Å²) in [6, 6.07) is 6.02. The van der Waals surface area contributed by atoms with Crippen LogP contribution in [0.1, 0.15) is 31.4 Å². The summed E-state index contributed by atoms with van der Waals surface area (Å²) in [5, 5.41) is 14.9. The van der Waals surface area contributed by atoms with Gasteiger partial charge in [0, 0.05) is 17.3 Å². The minimum absolute atomic E-state index is 0.173. The van der Waals surface area contributed by atoms with Gasteiger partial charge in [-0.15, -0.1) is 0 Å². The zero-order valence-electron chi connectivity index (χ0n) is 10.8. The zero-order valence-corrected chi connectivity index (χ0v) is 10.8. The van der Waals surface area contributed by atoms with E-state index in [4.69, 9.17) is 4.52 Å². The maximum absolute atomic E-state index is 9.73.